The fourth-order valence-electron chi connectivity index (χ4n) is 2.54. The second kappa shape index (κ2) is 4.91. The minimum absolute atomic E-state index is 0.194. The molecule has 0 amide bonds. The second-order valence-electron chi connectivity index (χ2n) is 6.30. The van der Waals surface area contributed by atoms with Gasteiger partial charge in [0.15, 0.2) is 0 Å². The van der Waals surface area contributed by atoms with Crippen LogP contribution in [-0.4, -0.2) is 34.1 Å². The van der Waals surface area contributed by atoms with Crippen LogP contribution in [-0.2, 0) is 6.54 Å². The van der Waals surface area contributed by atoms with Crippen LogP contribution in [0.25, 0.3) is 0 Å². The molecule has 4 heteroatoms. The first-order chi connectivity index (χ1) is 8.35. The Bertz CT molecular complexity index is 413. The van der Waals surface area contributed by atoms with E-state index >= 15 is 0 Å². The molecule has 18 heavy (non-hydrogen) atoms. The molecular formula is C14H25N3S. The van der Waals surface area contributed by atoms with Crippen molar-refractivity contribution >= 4 is 11.3 Å². The van der Waals surface area contributed by atoms with E-state index in [4.69, 9.17) is 0 Å². The molecule has 0 aromatic carbocycles. The van der Waals surface area contributed by atoms with Gasteiger partial charge in [0.1, 0.15) is 0 Å². The number of rotatable bonds is 3. The zero-order chi connectivity index (χ0) is 13.4. The molecule has 0 saturated carbocycles. The molecule has 0 bridgehead atoms. The summed E-state index contributed by atoms with van der Waals surface area (Å²) in [6.07, 6.45) is 1.17. The quantitative estimate of drug-likeness (QED) is 0.913. The minimum Gasteiger partial charge on any atom is -0.309 e. The molecular weight excluding hydrogens is 242 g/mol. The summed E-state index contributed by atoms with van der Waals surface area (Å²) in [4.78, 5) is 7.20. The summed E-state index contributed by atoms with van der Waals surface area (Å²) in [5.41, 5.74) is 1.65. The number of aryl methyl sites for hydroxylation is 1. The van der Waals surface area contributed by atoms with Crippen molar-refractivity contribution in [3.63, 3.8) is 0 Å². The Morgan fingerprint density at radius 1 is 1.44 bits per heavy atom. The van der Waals surface area contributed by atoms with Crippen molar-refractivity contribution in [3.05, 3.63) is 16.1 Å². The van der Waals surface area contributed by atoms with E-state index in [-0.39, 0.29) is 11.1 Å². The summed E-state index contributed by atoms with van der Waals surface area (Å²) in [6.45, 7) is 14.4. The zero-order valence-corrected chi connectivity index (χ0v) is 13.0. The van der Waals surface area contributed by atoms with Gasteiger partial charge in [-0.05, 0) is 34.1 Å². The number of nitrogens with zero attached hydrogens (tertiary/aromatic N) is 2. The first-order valence-corrected chi connectivity index (χ1v) is 7.64. The van der Waals surface area contributed by atoms with Gasteiger partial charge in [0.25, 0.3) is 0 Å². The monoisotopic (exact) mass is 267 g/mol. The van der Waals surface area contributed by atoms with E-state index in [9.17, 15) is 0 Å². The van der Waals surface area contributed by atoms with Gasteiger partial charge in [0.05, 0.1) is 10.7 Å². The maximum absolute atomic E-state index is 4.61. The predicted octanol–water partition coefficient (Wildman–Crippen LogP) is 2.80. The summed E-state index contributed by atoms with van der Waals surface area (Å²) >= 11 is 1.75. The van der Waals surface area contributed by atoms with Crippen molar-refractivity contribution in [2.24, 2.45) is 0 Å². The SMILES string of the molecule is CCC1(C)CNC(C)(C)CN1Cc1csc(C)n1. The lowest BCUT2D eigenvalue weighted by molar-refractivity contribution is 0.0167. The molecule has 0 spiro atoms. The standard InChI is InChI=1S/C14H25N3S/c1-6-14(5)9-15-13(3,4)10-17(14)7-12-8-18-11(2)16-12/h8,15H,6-7,9-10H2,1-5H3. The number of aromatic nitrogens is 1. The van der Waals surface area contributed by atoms with E-state index in [1.165, 1.54) is 12.1 Å². The van der Waals surface area contributed by atoms with Gasteiger partial charge < -0.3 is 5.32 Å². The second-order valence-corrected chi connectivity index (χ2v) is 7.36. The first kappa shape index (κ1) is 14.0. The number of piperazine rings is 1. The Morgan fingerprint density at radius 2 is 2.17 bits per heavy atom. The lowest BCUT2D eigenvalue weighted by Crippen LogP contribution is -2.66. The maximum Gasteiger partial charge on any atom is 0.0897 e. The van der Waals surface area contributed by atoms with Gasteiger partial charge in [-0.2, -0.15) is 0 Å². The molecule has 1 fully saturated rings. The number of hydrogen-bond acceptors (Lipinski definition) is 4. The van der Waals surface area contributed by atoms with Gasteiger partial charge in [0, 0.05) is 36.1 Å². The minimum atomic E-state index is 0.194. The topological polar surface area (TPSA) is 28.2 Å². The van der Waals surface area contributed by atoms with Crippen molar-refractivity contribution in [3.8, 4) is 0 Å². The van der Waals surface area contributed by atoms with Crippen LogP contribution in [0.15, 0.2) is 5.38 Å². The van der Waals surface area contributed by atoms with Gasteiger partial charge >= 0.3 is 0 Å². The van der Waals surface area contributed by atoms with Crippen LogP contribution in [0.5, 0.6) is 0 Å². The van der Waals surface area contributed by atoms with E-state index in [1.807, 2.05) is 0 Å². The number of thiazole rings is 1. The molecule has 2 rings (SSSR count). The normalized spacial score (nSPS) is 28.5. The third-order valence-corrected chi connectivity index (χ3v) is 4.90. The molecule has 102 valence electrons. The van der Waals surface area contributed by atoms with Crippen LogP contribution in [0.3, 0.4) is 0 Å². The van der Waals surface area contributed by atoms with Crippen molar-refractivity contribution in [1.29, 1.82) is 0 Å². The van der Waals surface area contributed by atoms with Crippen molar-refractivity contribution < 1.29 is 0 Å². The number of nitrogens with one attached hydrogen (secondary N) is 1. The molecule has 0 aliphatic carbocycles. The molecule has 1 saturated heterocycles. The van der Waals surface area contributed by atoms with E-state index in [0.717, 1.165) is 24.6 Å². The first-order valence-electron chi connectivity index (χ1n) is 6.76. The number of hydrogen-bond donors (Lipinski definition) is 1. The van der Waals surface area contributed by atoms with E-state index in [1.54, 1.807) is 11.3 Å². The van der Waals surface area contributed by atoms with Gasteiger partial charge in [-0.1, -0.05) is 6.92 Å². The van der Waals surface area contributed by atoms with Crippen molar-refractivity contribution in [2.45, 2.75) is 58.7 Å². The Kier molecular flexibility index (Phi) is 3.81. The van der Waals surface area contributed by atoms with Crippen LogP contribution in [0.4, 0.5) is 0 Å². The highest BCUT2D eigenvalue weighted by molar-refractivity contribution is 7.09. The summed E-state index contributed by atoms with van der Waals surface area (Å²) in [7, 11) is 0. The zero-order valence-electron chi connectivity index (χ0n) is 12.2. The van der Waals surface area contributed by atoms with Crippen LogP contribution >= 0.6 is 11.3 Å². The predicted molar refractivity (Wildman–Crippen MR) is 78.0 cm³/mol. The molecule has 1 unspecified atom stereocenters. The van der Waals surface area contributed by atoms with Gasteiger partial charge in [-0.25, -0.2) is 4.98 Å². The average molecular weight is 267 g/mol. The van der Waals surface area contributed by atoms with E-state index in [0.29, 0.717) is 0 Å². The fourth-order valence-corrected chi connectivity index (χ4v) is 3.14. The Labute approximate surface area is 115 Å². The van der Waals surface area contributed by atoms with Crippen LogP contribution < -0.4 is 5.32 Å². The highest BCUT2D eigenvalue weighted by atomic mass is 32.1. The molecule has 0 radical (unpaired) electrons. The third-order valence-electron chi connectivity index (χ3n) is 4.08. The lowest BCUT2D eigenvalue weighted by Gasteiger charge is -2.51. The Morgan fingerprint density at radius 3 is 2.72 bits per heavy atom. The molecule has 1 aliphatic heterocycles. The molecule has 2 heterocycles. The molecule has 1 aliphatic rings. The summed E-state index contributed by atoms with van der Waals surface area (Å²) in [5.74, 6) is 0. The highest BCUT2D eigenvalue weighted by Gasteiger charge is 2.39. The van der Waals surface area contributed by atoms with Crippen LogP contribution in [0.2, 0.25) is 0 Å². The smallest absolute Gasteiger partial charge is 0.0897 e. The molecule has 1 aromatic heterocycles. The highest BCUT2D eigenvalue weighted by Crippen LogP contribution is 2.28. The molecule has 3 nitrogen and oxygen atoms in total. The summed E-state index contributed by atoms with van der Waals surface area (Å²) < 4.78 is 0. The third kappa shape index (κ3) is 2.92. The van der Waals surface area contributed by atoms with Gasteiger partial charge in [0.2, 0.25) is 0 Å². The van der Waals surface area contributed by atoms with E-state index < -0.39 is 0 Å². The maximum atomic E-state index is 4.61. The van der Waals surface area contributed by atoms with Crippen molar-refractivity contribution in [2.75, 3.05) is 13.1 Å². The largest absolute Gasteiger partial charge is 0.309 e. The fraction of sp³-hybridized carbons (Fsp3) is 0.786. The summed E-state index contributed by atoms with van der Waals surface area (Å²) in [5, 5.41) is 7.02. The summed E-state index contributed by atoms with van der Waals surface area (Å²) in [6, 6.07) is 0. The molecule has 1 aromatic rings. The van der Waals surface area contributed by atoms with Gasteiger partial charge in [-0.15, -0.1) is 11.3 Å². The van der Waals surface area contributed by atoms with Crippen LogP contribution in [0, 0.1) is 6.92 Å². The van der Waals surface area contributed by atoms with E-state index in [2.05, 4.69) is 55.2 Å². The van der Waals surface area contributed by atoms with Crippen molar-refractivity contribution in [1.82, 2.24) is 15.2 Å². The lowest BCUT2D eigenvalue weighted by atomic mass is 9.88. The molecule has 1 atom stereocenters. The molecule has 1 N–H and O–H groups in total. The van der Waals surface area contributed by atoms with Crippen LogP contribution in [0.1, 0.15) is 44.8 Å². The van der Waals surface area contributed by atoms with Gasteiger partial charge in [-0.3, -0.25) is 4.90 Å². The Hall–Kier alpha value is -0.450. The Balaban J connectivity index is 2.15. The average Bonchev–Trinajstić information content (AvgIpc) is 2.70.